The van der Waals surface area contributed by atoms with E-state index in [1.165, 1.54) is 6.92 Å². The Morgan fingerprint density at radius 3 is 2.64 bits per heavy atom. The zero-order valence-corrected chi connectivity index (χ0v) is 15.3. The number of aromatic nitrogens is 1. The van der Waals surface area contributed by atoms with Crippen LogP contribution in [0.1, 0.15) is 37.4 Å². The molecule has 2 rings (SSSR count). The van der Waals surface area contributed by atoms with Gasteiger partial charge >= 0.3 is 0 Å². The molecule has 0 fully saturated rings. The third-order valence-electron chi connectivity index (χ3n) is 3.53. The van der Waals surface area contributed by atoms with Crippen LogP contribution in [0.3, 0.4) is 0 Å². The van der Waals surface area contributed by atoms with Gasteiger partial charge in [-0.3, -0.25) is 9.59 Å². The second kappa shape index (κ2) is 9.84. The summed E-state index contributed by atoms with van der Waals surface area (Å²) in [7, 11) is 0. The van der Waals surface area contributed by atoms with E-state index in [-0.39, 0.29) is 24.3 Å². The van der Waals surface area contributed by atoms with Crippen molar-refractivity contribution < 1.29 is 9.59 Å². The van der Waals surface area contributed by atoms with Crippen LogP contribution in [0.5, 0.6) is 0 Å². The third-order valence-corrected chi connectivity index (χ3v) is 4.48. The molecule has 5 nitrogen and oxygen atoms in total. The Bertz CT molecular complexity index is 707. The Balaban J connectivity index is 2.02. The lowest BCUT2D eigenvalue weighted by Crippen LogP contribution is -2.29. The number of carbonyl (C=O) groups excluding carboxylic acids is 2. The maximum Gasteiger partial charge on any atom is 0.227 e. The second-order valence-electron chi connectivity index (χ2n) is 5.60. The summed E-state index contributed by atoms with van der Waals surface area (Å²) in [6.45, 7) is 3.56. The number of benzene rings is 1. The molecule has 0 bridgehead atoms. The monoisotopic (exact) mass is 357 g/mol. The van der Waals surface area contributed by atoms with Crippen LogP contribution in [-0.2, 0) is 15.3 Å². The van der Waals surface area contributed by atoms with Crippen LogP contribution in [0.2, 0.25) is 0 Å². The fourth-order valence-corrected chi connectivity index (χ4v) is 3.03. The smallest absolute Gasteiger partial charge is 0.227 e. The summed E-state index contributed by atoms with van der Waals surface area (Å²) in [4.78, 5) is 28.1. The van der Waals surface area contributed by atoms with Crippen molar-refractivity contribution in [2.24, 2.45) is 0 Å². The van der Waals surface area contributed by atoms with E-state index in [1.807, 2.05) is 54.2 Å². The molecule has 0 saturated carbocycles. The molecule has 0 saturated heterocycles. The quantitative estimate of drug-likeness (QED) is 0.758. The molecule has 1 aromatic carbocycles. The molecule has 0 aliphatic rings. The van der Waals surface area contributed by atoms with Crippen LogP contribution >= 0.6 is 11.8 Å². The summed E-state index contributed by atoms with van der Waals surface area (Å²) in [5.74, 6) is 2.11. The van der Waals surface area contributed by atoms with Gasteiger partial charge in [-0.05, 0) is 29.0 Å². The predicted molar refractivity (Wildman–Crippen MR) is 102 cm³/mol. The van der Waals surface area contributed by atoms with Crippen LogP contribution in [-0.4, -0.2) is 22.6 Å². The molecule has 6 heteroatoms. The highest BCUT2D eigenvalue weighted by Crippen LogP contribution is 2.18. The van der Waals surface area contributed by atoms with Gasteiger partial charge in [-0.1, -0.05) is 37.3 Å². The van der Waals surface area contributed by atoms with Gasteiger partial charge in [0.05, 0.1) is 12.5 Å². The van der Waals surface area contributed by atoms with Crippen LogP contribution < -0.4 is 10.6 Å². The first-order valence-corrected chi connectivity index (χ1v) is 9.38. The largest absolute Gasteiger partial charge is 0.349 e. The van der Waals surface area contributed by atoms with E-state index in [9.17, 15) is 9.59 Å². The molecule has 2 aromatic rings. The van der Waals surface area contributed by atoms with Crippen LogP contribution in [0.25, 0.3) is 0 Å². The second-order valence-corrected chi connectivity index (χ2v) is 6.88. The topological polar surface area (TPSA) is 71.1 Å². The minimum absolute atomic E-state index is 0.152. The van der Waals surface area contributed by atoms with E-state index < -0.39 is 0 Å². The molecular formula is C19H23N3O2S. The van der Waals surface area contributed by atoms with Gasteiger partial charge in [0.2, 0.25) is 11.8 Å². The summed E-state index contributed by atoms with van der Waals surface area (Å²) in [5.41, 5.74) is 2.02. The number of pyridine rings is 1. The minimum Gasteiger partial charge on any atom is -0.349 e. The van der Waals surface area contributed by atoms with Crippen molar-refractivity contribution in [2.75, 3.05) is 11.1 Å². The molecule has 2 amide bonds. The highest BCUT2D eigenvalue weighted by Gasteiger charge is 2.17. The molecule has 25 heavy (non-hydrogen) atoms. The zero-order valence-electron chi connectivity index (χ0n) is 14.5. The van der Waals surface area contributed by atoms with Gasteiger partial charge in [0.25, 0.3) is 0 Å². The number of amides is 2. The molecule has 132 valence electrons. The summed E-state index contributed by atoms with van der Waals surface area (Å²) >= 11 is 1.82. The van der Waals surface area contributed by atoms with Crippen molar-refractivity contribution in [1.29, 1.82) is 0 Å². The van der Waals surface area contributed by atoms with Crippen LogP contribution in [0.4, 0.5) is 5.82 Å². The van der Waals surface area contributed by atoms with E-state index in [2.05, 4.69) is 22.5 Å². The summed E-state index contributed by atoms with van der Waals surface area (Å²) < 4.78 is 0. The Morgan fingerprint density at radius 1 is 1.20 bits per heavy atom. The Kier molecular flexibility index (Phi) is 7.47. The summed E-state index contributed by atoms with van der Waals surface area (Å²) in [6.07, 6.45) is 1.85. The molecule has 1 atom stereocenters. The van der Waals surface area contributed by atoms with E-state index in [1.54, 1.807) is 6.20 Å². The number of nitrogens with zero attached hydrogens (tertiary/aromatic N) is 1. The van der Waals surface area contributed by atoms with Gasteiger partial charge in [-0.15, -0.1) is 0 Å². The maximum absolute atomic E-state index is 12.4. The molecular weight excluding hydrogens is 334 g/mol. The SMILES string of the molecule is CCSCc1ccnc(NC(=O)CC(NC(C)=O)c2ccccc2)c1. The number of hydrogen-bond donors (Lipinski definition) is 2. The highest BCUT2D eigenvalue weighted by molar-refractivity contribution is 7.98. The van der Waals surface area contributed by atoms with Gasteiger partial charge in [0.15, 0.2) is 0 Å². The number of carbonyl (C=O) groups is 2. The lowest BCUT2D eigenvalue weighted by molar-refractivity contribution is -0.120. The normalized spacial score (nSPS) is 11.6. The molecule has 2 N–H and O–H groups in total. The van der Waals surface area contributed by atoms with E-state index in [0.717, 1.165) is 22.6 Å². The van der Waals surface area contributed by atoms with Gasteiger partial charge in [0, 0.05) is 18.9 Å². The maximum atomic E-state index is 12.4. The average Bonchev–Trinajstić information content (AvgIpc) is 2.60. The lowest BCUT2D eigenvalue weighted by atomic mass is 10.0. The number of hydrogen-bond acceptors (Lipinski definition) is 4. The van der Waals surface area contributed by atoms with Gasteiger partial charge < -0.3 is 10.6 Å². The zero-order chi connectivity index (χ0) is 18.1. The number of thioether (sulfide) groups is 1. The standard InChI is InChI=1S/C19H23N3O2S/c1-3-25-13-15-9-10-20-18(11-15)22-19(24)12-17(21-14(2)23)16-7-5-4-6-8-16/h4-11,17H,3,12-13H2,1-2H3,(H,21,23)(H,20,22,24). The molecule has 0 aliphatic heterocycles. The van der Waals surface area contributed by atoms with Gasteiger partial charge in [-0.2, -0.15) is 11.8 Å². The third kappa shape index (κ3) is 6.58. The Labute approximate surface area is 152 Å². The first-order valence-electron chi connectivity index (χ1n) is 8.23. The number of nitrogens with one attached hydrogen (secondary N) is 2. The fraction of sp³-hybridized carbons (Fsp3) is 0.316. The fourth-order valence-electron chi connectivity index (χ4n) is 2.41. The summed E-state index contributed by atoms with van der Waals surface area (Å²) in [5, 5.41) is 5.65. The highest BCUT2D eigenvalue weighted by atomic mass is 32.2. The molecule has 1 aromatic heterocycles. The summed E-state index contributed by atoms with van der Waals surface area (Å²) in [6, 6.07) is 12.9. The first kappa shape index (κ1) is 19.0. The van der Waals surface area contributed by atoms with Crippen molar-refractivity contribution in [3.63, 3.8) is 0 Å². The molecule has 0 radical (unpaired) electrons. The lowest BCUT2D eigenvalue weighted by Gasteiger charge is -2.18. The van der Waals surface area contributed by atoms with E-state index in [0.29, 0.717) is 5.82 Å². The van der Waals surface area contributed by atoms with Crippen molar-refractivity contribution in [2.45, 2.75) is 32.1 Å². The first-order chi connectivity index (χ1) is 12.1. The minimum atomic E-state index is -0.363. The number of anilines is 1. The molecule has 1 unspecified atom stereocenters. The van der Waals surface area contributed by atoms with Crippen molar-refractivity contribution >= 4 is 29.4 Å². The average molecular weight is 357 g/mol. The van der Waals surface area contributed by atoms with Crippen LogP contribution in [0, 0.1) is 0 Å². The Hall–Kier alpha value is -2.34. The molecule has 1 heterocycles. The van der Waals surface area contributed by atoms with Gasteiger partial charge in [0.1, 0.15) is 5.82 Å². The van der Waals surface area contributed by atoms with Crippen molar-refractivity contribution in [3.05, 3.63) is 59.8 Å². The molecule has 0 aliphatic carbocycles. The predicted octanol–water partition coefficient (Wildman–Crippen LogP) is 3.54. The molecule has 0 spiro atoms. The Morgan fingerprint density at radius 2 is 1.96 bits per heavy atom. The van der Waals surface area contributed by atoms with E-state index in [4.69, 9.17) is 0 Å². The van der Waals surface area contributed by atoms with Gasteiger partial charge in [-0.25, -0.2) is 4.98 Å². The van der Waals surface area contributed by atoms with Crippen molar-refractivity contribution in [1.82, 2.24) is 10.3 Å². The van der Waals surface area contributed by atoms with Crippen LogP contribution in [0.15, 0.2) is 48.7 Å². The van der Waals surface area contributed by atoms with E-state index >= 15 is 0 Å². The van der Waals surface area contributed by atoms with Crippen molar-refractivity contribution in [3.8, 4) is 0 Å². The number of rotatable bonds is 8.